The molecule has 1 aliphatic carbocycles. The van der Waals surface area contributed by atoms with E-state index in [1.54, 1.807) is 18.2 Å². The van der Waals surface area contributed by atoms with Gasteiger partial charge in [-0.15, -0.1) is 0 Å². The lowest BCUT2D eigenvalue weighted by atomic mass is 9.86. The topological polar surface area (TPSA) is 104 Å². The Kier molecular flexibility index (Phi) is 15.9. The number of benzene rings is 6. The van der Waals surface area contributed by atoms with Gasteiger partial charge in [-0.2, -0.15) is 0 Å². The molecule has 4 N–H and O–H groups in total. The molecule has 2 atom stereocenters. The minimum atomic E-state index is -0.819. The van der Waals surface area contributed by atoms with Gasteiger partial charge in [0.1, 0.15) is 11.5 Å². The van der Waals surface area contributed by atoms with E-state index in [0.29, 0.717) is 30.7 Å². The van der Waals surface area contributed by atoms with E-state index < -0.39 is 5.97 Å². The predicted octanol–water partition coefficient (Wildman–Crippen LogP) is 12.5. The van der Waals surface area contributed by atoms with Crippen molar-refractivity contribution in [2.24, 2.45) is 0 Å². The third-order valence-corrected chi connectivity index (χ3v) is 13.9. The van der Waals surface area contributed by atoms with Crippen LogP contribution < -0.4 is 0 Å². The molecule has 3 aliphatic rings. The number of rotatable bonds is 16. The van der Waals surface area contributed by atoms with Crippen molar-refractivity contribution in [2.75, 3.05) is 32.8 Å². The van der Waals surface area contributed by atoms with Gasteiger partial charge in [0.25, 0.3) is 0 Å². The fraction of sp³-hybridized carbons (Fsp3) is 0.317. The van der Waals surface area contributed by atoms with Gasteiger partial charge < -0.3 is 25.3 Å². The molecule has 346 valence electrons. The lowest BCUT2D eigenvalue weighted by Crippen LogP contribution is -2.27. The molecule has 2 aliphatic heterocycles. The summed E-state index contributed by atoms with van der Waals surface area (Å²) in [6, 6.07) is 54.3. The molecule has 7 heteroatoms. The maximum absolute atomic E-state index is 11.5. The number of aromatic hydroxyl groups is 2. The van der Waals surface area contributed by atoms with Gasteiger partial charge >= 0.3 is 5.97 Å². The Morgan fingerprint density at radius 1 is 0.537 bits per heavy atom. The molecule has 6 aromatic carbocycles. The average molecular weight is 895 g/mol. The van der Waals surface area contributed by atoms with E-state index in [0.717, 1.165) is 82.2 Å². The quantitative estimate of drug-likeness (QED) is 0.0717. The van der Waals surface area contributed by atoms with Crippen LogP contribution in [-0.2, 0) is 4.79 Å². The molecule has 0 aromatic heterocycles. The fourth-order valence-electron chi connectivity index (χ4n) is 10.1. The van der Waals surface area contributed by atoms with Gasteiger partial charge in [-0.3, -0.25) is 9.69 Å². The zero-order valence-corrected chi connectivity index (χ0v) is 39.1. The number of carboxylic acids is 1. The van der Waals surface area contributed by atoms with Gasteiger partial charge in [0.05, 0.1) is 0 Å². The Hall–Kier alpha value is -6.25. The first-order valence-corrected chi connectivity index (χ1v) is 24.3. The molecular weight excluding hydrogens is 829 g/mol. The van der Waals surface area contributed by atoms with E-state index in [2.05, 4.69) is 103 Å². The monoisotopic (exact) mass is 894 g/mol. The molecular formula is C60H66N2O5. The number of allylic oxidation sites excluding steroid dienone is 2. The minimum absolute atomic E-state index is 0.0453. The summed E-state index contributed by atoms with van der Waals surface area (Å²) in [5.74, 6) is 0.792. The van der Waals surface area contributed by atoms with E-state index in [1.165, 1.54) is 48.9 Å². The predicted molar refractivity (Wildman–Crippen MR) is 273 cm³/mol. The van der Waals surface area contributed by atoms with E-state index in [4.69, 9.17) is 0 Å². The van der Waals surface area contributed by atoms with Gasteiger partial charge in [-0.05, 0) is 175 Å². The third-order valence-electron chi connectivity index (χ3n) is 13.9. The van der Waals surface area contributed by atoms with Crippen molar-refractivity contribution in [2.45, 2.75) is 89.1 Å². The highest BCUT2D eigenvalue weighted by Gasteiger charge is 2.35. The lowest BCUT2D eigenvalue weighted by molar-refractivity contribution is -0.136. The first kappa shape index (κ1) is 47.3. The second-order valence-corrected chi connectivity index (χ2v) is 18.8. The smallest absolute Gasteiger partial charge is 0.303 e. The van der Waals surface area contributed by atoms with Gasteiger partial charge in [0, 0.05) is 38.2 Å². The molecule has 1 saturated carbocycles. The number of carboxylic acid groups (broad SMARTS) is 1. The third kappa shape index (κ3) is 12.2. The van der Waals surface area contributed by atoms with Crippen LogP contribution >= 0.6 is 0 Å². The number of likely N-dealkylation sites (tertiary alicyclic amines) is 2. The van der Waals surface area contributed by atoms with Crippen LogP contribution in [0.15, 0.2) is 158 Å². The van der Waals surface area contributed by atoms with Crippen LogP contribution in [0.2, 0.25) is 0 Å². The highest BCUT2D eigenvalue weighted by Crippen LogP contribution is 2.40. The number of carbonyl (C=O) groups is 1. The van der Waals surface area contributed by atoms with E-state index in [9.17, 15) is 25.2 Å². The summed E-state index contributed by atoms with van der Waals surface area (Å²) >= 11 is 0. The number of phenolic OH excluding ortho intramolecular Hbond substituents is 2. The number of aliphatic hydroxyl groups excluding tert-OH is 1. The maximum atomic E-state index is 11.5. The fourth-order valence-corrected chi connectivity index (χ4v) is 10.1. The molecule has 3 fully saturated rings. The molecule has 6 aromatic rings. The molecule has 2 saturated heterocycles. The Morgan fingerprint density at radius 2 is 1.01 bits per heavy atom. The Bertz CT molecular complexity index is 2620. The van der Waals surface area contributed by atoms with Crippen molar-refractivity contribution >= 4 is 28.3 Å². The largest absolute Gasteiger partial charge is 0.508 e. The number of aliphatic carboxylic acids is 1. The van der Waals surface area contributed by atoms with E-state index in [-0.39, 0.29) is 24.5 Å². The van der Waals surface area contributed by atoms with Crippen LogP contribution in [0.5, 0.6) is 11.5 Å². The van der Waals surface area contributed by atoms with Gasteiger partial charge in [-0.25, -0.2) is 0 Å². The first-order chi connectivity index (χ1) is 32.6. The standard InChI is InChI=1S/C30H31NO3.C30H35NO2/c32-27-8-4-7-24(19-27)30(28(15-16-29(33)34)22-5-2-1-3-6-22)23-11-9-21(10-12-23)25-17-18-31(20-25)26-13-14-26;1-22(2)31-18-17-27(21-31)23-13-15-25(16-14-23)30(26-10-6-11-28(33)20-26)29(12-7-19-32)24-8-4-3-5-9-24/h1-12,19,25-26,32H,13-18,20H2,(H,33,34);3-6,8-11,13-16,20,22,27,32-33H,7,12,17-19,21H2,1-2H3/b30-28+;30-29+. The van der Waals surface area contributed by atoms with Crippen molar-refractivity contribution in [1.82, 2.24) is 9.80 Å². The summed E-state index contributed by atoms with van der Waals surface area (Å²) < 4.78 is 0. The van der Waals surface area contributed by atoms with Crippen molar-refractivity contribution in [3.8, 4) is 11.5 Å². The molecule has 7 nitrogen and oxygen atoms in total. The maximum Gasteiger partial charge on any atom is 0.303 e. The average Bonchev–Trinajstić information content (AvgIpc) is 3.85. The first-order valence-electron chi connectivity index (χ1n) is 24.3. The second-order valence-electron chi connectivity index (χ2n) is 18.8. The highest BCUT2D eigenvalue weighted by molar-refractivity contribution is 6.00. The minimum Gasteiger partial charge on any atom is -0.508 e. The van der Waals surface area contributed by atoms with Crippen LogP contribution in [0.1, 0.15) is 122 Å². The van der Waals surface area contributed by atoms with Gasteiger partial charge in [0.15, 0.2) is 0 Å². The summed E-state index contributed by atoms with van der Waals surface area (Å²) in [6.45, 7) is 9.32. The second kappa shape index (κ2) is 22.5. The van der Waals surface area contributed by atoms with Crippen LogP contribution in [0.4, 0.5) is 0 Å². The number of phenols is 2. The summed E-state index contributed by atoms with van der Waals surface area (Å²) in [6.07, 6.45) is 7.02. The lowest BCUT2D eigenvalue weighted by Gasteiger charge is -2.21. The number of nitrogens with zero attached hydrogens (tertiary/aromatic N) is 2. The molecule has 2 heterocycles. The molecule has 2 unspecified atom stereocenters. The van der Waals surface area contributed by atoms with Crippen molar-refractivity contribution in [3.05, 3.63) is 202 Å². The zero-order valence-electron chi connectivity index (χ0n) is 39.1. The SMILES string of the molecule is CC(C)N1CCC(c2ccc(/C(=C(/CCCO)c3ccccc3)c3cccc(O)c3)cc2)C1.O=C(O)CC/C(=C(/c1ccc(C2CCN(C3CC3)C2)cc1)c1cccc(O)c1)c1ccccc1. The summed E-state index contributed by atoms with van der Waals surface area (Å²) in [5, 5.41) is 39.5. The zero-order chi connectivity index (χ0) is 46.7. The molecule has 67 heavy (non-hydrogen) atoms. The van der Waals surface area contributed by atoms with Crippen molar-refractivity contribution in [1.29, 1.82) is 0 Å². The van der Waals surface area contributed by atoms with Crippen LogP contribution in [0, 0.1) is 0 Å². The van der Waals surface area contributed by atoms with Gasteiger partial charge in [0.2, 0.25) is 0 Å². The van der Waals surface area contributed by atoms with Gasteiger partial charge in [-0.1, -0.05) is 133 Å². The number of hydrogen-bond acceptors (Lipinski definition) is 6. The molecule has 0 amide bonds. The van der Waals surface area contributed by atoms with E-state index in [1.807, 2.05) is 60.7 Å². The van der Waals surface area contributed by atoms with Crippen LogP contribution in [0.25, 0.3) is 22.3 Å². The molecule has 0 bridgehead atoms. The highest BCUT2D eigenvalue weighted by atomic mass is 16.4. The number of hydrogen-bond donors (Lipinski definition) is 4. The van der Waals surface area contributed by atoms with Crippen molar-refractivity contribution < 1.29 is 25.2 Å². The number of aliphatic hydroxyl groups is 1. The summed E-state index contributed by atoms with van der Waals surface area (Å²) in [7, 11) is 0. The Labute approximate surface area is 397 Å². The van der Waals surface area contributed by atoms with Crippen LogP contribution in [0.3, 0.4) is 0 Å². The van der Waals surface area contributed by atoms with E-state index >= 15 is 0 Å². The normalized spacial score (nSPS) is 18.3. The van der Waals surface area contributed by atoms with Crippen molar-refractivity contribution in [3.63, 3.8) is 0 Å². The summed E-state index contributed by atoms with van der Waals surface area (Å²) in [4.78, 5) is 16.7. The van der Waals surface area contributed by atoms with Crippen LogP contribution in [-0.4, -0.2) is 81.1 Å². The molecule has 0 spiro atoms. The molecule has 0 radical (unpaired) electrons. The Balaban J connectivity index is 0.000000182. The molecule has 9 rings (SSSR count). The Morgan fingerprint density at radius 3 is 1.46 bits per heavy atom. The summed E-state index contributed by atoms with van der Waals surface area (Å²) in [5.41, 5.74) is 13.2.